The molecule has 114 valence electrons. The number of cyclic esters (lactones) is 1. The van der Waals surface area contributed by atoms with Gasteiger partial charge in [0.1, 0.15) is 6.10 Å². The van der Waals surface area contributed by atoms with E-state index in [1.807, 2.05) is 0 Å². The molecule has 3 atom stereocenters. The molecule has 1 aliphatic heterocycles. The van der Waals surface area contributed by atoms with Crippen molar-refractivity contribution in [1.82, 2.24) is 0 Å². The minimum Gasteiger partial charge on any atom is -0.478 e. The van der Waals surface area contributed by atoms with Gasteiger partial charge in [0.15, 0.2) is 6.10 Å². The Bertz CT molecular complexity index is 363. The highest BCUT2D eigenvalue weighted by molar-refractivity contribution is 5.89. The quantitative estimate of drug-likeness (QED) is 0.385. The minimum absolute atomic E-state index is 0.153. The van der Waals surface area contributed by atoms with Crippen LogP contribution in [0.1, 0.15) is 51.9 Å². The molecule has 1 aliphatic rings. The van der Waals surface area contributed by atoms with Gasteiger partial charge in [-0.3, -0.25) is 0 Å². The number of carboxylic acid groups (broad SMARTS) is 1. The Morgan fingerprint density at radius 2 is 1.85 bits per heavy atom. The van der Waals surface area contributed by atoms with Crippen molar-refractivity contribution in [2.45, 2.75) is 64.1 Å². The van der Waals surface area contributed by atoms with E-state index in [9.17, 15) is 14.7 Å². The third-order valence-electron chi connectivity index (χ3n) is 3.77. The molecule has 0 saturated carbocycles. The monoisotopic (exact) mass is 284 g/mol. The number of hydrogen-bond acceptors (Lipinski definition) is 4. The van der Waals surface area contributed by atoms with Crippen LogP contribution in [-0.4, -0.2) is 34.4 Å². The summed E-state index contributed by atoms with van der Waals surface area (Å²) >= 11 is 0. The van der Waals surface area contributed by atoms with E-state index in [1.165, 1.54) is 19.3 Å². The standard InChI is InChI=1S/C15H24O5/c1-3-4-5-6-7-8-9-11-12(10(2)14(17)18)13(16)15(19)20-11/h11-13,16H,2-9H2,1H3,(H,17,18)/t11-,12-,13-/m1/s1. The van der Waals surface area contributed by atoms with Gasteiger partial charge in [0, 0.05) is 5.57 Å². The van der Waals surface area contributed by atoms with Crippen molar-refractivity contribution >= 4 is 11.9 Å². The fourth-order valence-corrected chi connectivity index (χ4v) is 2.56. The summed E-state index contributed by atoms with van der Waals surface area (Å²) < 4.78 is 5.07. The summed E-state index contributed by atoms with van der Waals surface area (Å²) in [4.78, 5) is 22.3. The van der Waals surface area contributed by atoms with Gasteiger partial charge in [0.05, 0.1) is 5.92 Å². The van der Waals surface area contributed by atoms with Crippen molar-refractivity contribution in [3.05, 3.63) is 12.2 Å². The van der Waals surface area contributed by atoms with E-state index in [0.717, 1.165) is 19.3 Å². The van der Waals surface area contributed by atoms with Crippen LogP contribution < -0.4 is 0 Å². The Labute approximate surface area is 119 Å². The van der Waals surface area contributed by atoms with Crippen molar-refractivity contribution in [3.8, 4) is 0 Å². The van der Waals surface area contributed by atoms with Crippen LogP contribution in [0, 0.1) is 5.92 Å². The molecule has 0 aliphatic carbocycles. The van der Waals surface area contributed by atoms with Crippen LogP contribution in [0.25, 0.3) is 0 Å². The van der Waals surface area contributed by atoms with Crippen LogP contribution in [-0.2, 0) is 14.3 Å². The first-order chi connectivity index (χ1) is 9.49. The van der Waals surface area contributed by atoms with Crippen LogP contribution in [0.2, 0.25) is 0 Å². The summed E-state index contributed by atoms with van der Waals surface area (Å²) in [6.45, 7) is 5.60. The summed E-state index contributed by atoms with van der Waals surface area (Å²) in [7, 11) is 0. The second-order valence-electron chi connectivity index (χ2n) is 5.33. The third-order valence-corrected chi connectivity index (χ3v) is 3.77. The number of aliphatic hydroxyl groups excluding tert-OH is 1. The second kappa shape index (κ2) is 8.04. The first kappa shape index (κ1) is 16.7. The molecule has 0 radical (unpaired) electrons. The molecule has 5 heteroatoms. The van der Waals surface area contributed by atoms with Gasteiger partial charge in [0.25, 0.3) is 0 Å². The molecule has 1 fully saturated rings. The van der Waals surface area contributed by atoms with E-state index in [-0.39, 0.29) is 5.57 Å². The number of ether oxygens (including phenoxy) is 1. The van der Waals surface area contributed by atoms with E-state index in [4.69, 9.17) is 9.84 Å². The van der Waals surface area contributed by atoms with E-state index < -0.39 is 30.1 Å². The highest BCUT2D eigenvalue weighted by atomic mass is 16.6. The first-order valence-electron chi connectivity index (χ1n) is 7.29. The van der Waals surface area contributed by atoms with Gasteiger partial charge in [-0.2, -0.15) is 0 Å². The topological polar surface area (TPSA) is 83.8 Å². The van der Waals surface area contributed by atoms with Gasteiger partial charge in [0.2, 0.25) is 0 Å². The lowest BCUT2D eigenvalue weighted by atomic mass is 9.88. The largest absolute Gasteiger partial charge is 0.478 e. The first-order valence-corrected chi connectivity index (χ1v) is 7.29. The molecule has 1 rings (SSSR count). The maximum Gasteiger partial charge on any atom is 0.336 e. The van der Waals surface area contributed by atoms with Gasteiger partial charge >= 0.3 is 11.9 Å². The molecule has 1 saturated heterocycles. The second-order valence-corrected chi connectivity index (χ2v) is 5.33. The molecule has 0 amide bonds. The van der Waals surface area contributed by atoms with Crippen molar-refractivity contribution < 1.29 is 24.5 Å². The summed E-state index contributed by atoms with van der Waals surface area (Å²) in [5.41, 5.74) is -0.153. The molecule has 0 unspecified atom stereocenters. The summed E-state index contributed by atoms with van der Waals surface area (Å²) in [6, 6.07) is 0. The molecule has 0 spiro atoms. The molecule has 20 heavy (non-hydrogen) atoms. The molecule has 0 aromatic rings. The van der Waals surface area contributed by atoms with E-state index >= 15 is 0 Å². The SMILES string of the molecule is C=C(C(=O)O)[C@@H]1[C@@H](CCCCCCCC)OC(=O)[C@@H]1O. The van der Waals surface area contributed by atoms with Crippen molar-refractivity contribution in [3.63, 3.8) is 0 Å². The normalized spacial score (nSPS) is 25.5. The van der Waals surface area contributed by atoms with Gasteiger partial charge < -0.3 is 14.9 Å². The zero-order valence-electron chi connectivity index (χ0n) is 12.0. The number of rotatable bonds is 9. The van der Waals surface area contributed by atoms with Gasteiger partial charge in [-0.15, -0.1) is 0 Å². The minimum atomic E-state index is -1.40. The third kappa shape index (κ3) is 4.34. The maximum absolute atomic E-state index is 11.4. The number of carbonyl (C=O) groups is 2. The smallest absolute Gasteiger partial charge is 0.336 e. The number of hydrogen-bond donors (Lipinski definition) is 2. The predicted molar refractivity (Wildman–Crippen MR) is 74.1 cm³/mol. The Hall–Kier alpha value is -1.36. The molecular formula is C15H24O5. The average molecular weight is 284 g/mol. The van der Waals surface area contributed by atoms with Gasteiger partial charge in [-0.05, 0) is 12.8 Å². The van der Waals surface area contributed by atoms with Crippen molar-refractivity contribution in [1.29, 1.82) is 0 Å². The molecule has 0 bridgehead atoms. The highest BCUT2D eigenvalue weighted by Gasteiger charge is 2.46. The zero-order valence-corrected chi connectivity index (χ0v) is 12.0. The summed E-state index contributed by atoms with van der Waals surface area (Å²) in [6.07, 6.45) is 5.22. The van der Waals surface area contributed by atoms with Crippen molar-refractivity contribution in [2.75, 3.05) is 0 Å². The number of esters is 1. The van der Waals surface area contributed by atoms with Crippen LogP contribution in [0.5, 0.6) is 0 Å². The number of carboxylic acids is 1. The fraction of sp³-hybridized carbons (Fsp3) is 0.733. The summed E-state index contributed by atoms with van der Waals surface area (Å²) in [5.74, 6) is -2.76. The molecule has 2 N–H and O–H groups in total. The van der Waals surface area contributed by atoms with Crippen LogP contribution in [0.4, 0.5) is 0 Å². The van der Waals surface area contributed by atoms with Gasteiger partial charge in [-0.1, -0.05) is 45.6 Å². The lowest BCUT2D eigenvalue weighted by molar-refractivity contribution is -0.147. The molecule has 0 aromatic carbocycles. The number of carbonyl (C=O) groups excluding carboxylic acids is 1. The summed E-state index contributed by atoms with van der Waals surface area (Å²) in [5, 5.41) is 18.7. The van der Waals surface area contributed by atoms with Crippen LogP contribution in [0.15, 0.2) is 12.2 Å². The molecular weight excluding hydrogens is 260 g/mol. The lowest BCUT2D eigenvalue weighted by Gasteiger charge is -2.18. The fourth-order valence-electron chi connectivity index (χ4n) is 2.56. The predicted octanol–water partition coefficient (Wildman–Crippen LogP) is 2.28. The Kier molecular flexibility index (Phi) is 6.71. The van der Waals surface area contributed by atoms with E-state index in [2.05, 4.69) is 13.5 Å². The Balaban J connectivity index is 2.44. The van der Waals surface area contributed by atoms with Gasteiger partial charge in [-0.25, -0.2) is 9.59 Å². The van der Waals surface area contributed by atoms with Crippen LogP contribution in [0.3, 0.4) is 0 Å². The molecule has 1 heterocycles. The van der Waals surface area contributed by atoms with E-state index in [1.54, 1.807) is 0 Å². The average Bonchev–Trinajstić information content (AvgIpc) is 2.68. The van der Waals surface area contributed by atoms with E-state index in [0.29, 0.717) is 6.42 Å². The zero-order chi connectivity index (χ0) is 15.1. The Morgan fingerprint density at radius 3 is 2.45 bits per heavy atom. The van der Waals surface area contributed by atoms with Crippen molar-refractivity contribution in [2.24, 2.45) is 5.92 Å². The lowest BCUT2D eigenvalue weighted by Crippen LogP contribution is -2.30. The maximum atomic E-state index is 11.4. The molecule has 0 aromatic heterocycles. The Morgan fingerprint density at radius 1 is 1.25 bits per heavy atom. The van der Waals surface area contributed by atoms with Crippen LogP contribution >= 0.6 is 0 Å². The number of unbranched alkanes of at least 4 members (excludes halogenated alkanes) is 5. The molecule has 5 nitrogen and oxygen atoms in total. The number of aliphatic hydroxyl groups is 1. The highest BCUT2D eigenvalue weighted by Crippen LogP contribution is 2.32. The number of aliphatic carboxylic acids is 1.